The number of thiophene rings is 1. The Morgan fingerprint density at radius 1 is 1.15 bits per heavy atom. The van der Waals surface area contributed by atoms with Crippen LogP contribution in [0.5, 0.6) is 0 Å². The van der Waals surface area contributed by atoms with Gasteiger partial charge in [0.2, 0.25) is 10.0 Å². The van der Waals surface area contributed by atoms with Gasteiger partial charge >= 0.3 is 0 Å². The van der Waals surface area contributed by atoms with Crippen molar-refractivity contribution in [1.29, 1.82) is 0 Å². The standard InChI is InChI=1S/C14H18N2O2S2/c1-2-13-7-8-14(19-13)20(17,18)16-10-9-11-3-5-12(15)6-4-11/h3-8,16H,2,9-10,15H2,1H3. The number of hydrogen-bond donors (Lipinski definition) is 2. The van der Waals surface area contributed by atoms with Gasteiger partial charge in [-0.2, -0.15) is 0 Å². The van der Waals surface area contributed by atoms with Crippen LogP contribution in [-0.4, -0.2) is 15.0 Å². The second kappa shape index (κ2) is 6.39. The Labute approximate surface area is 123 Å². The van der Waals surface area contributed by atoms with Crippen molar-refractivity contribution in [3.05, 3.63) is 46.8 Å². The van der Waals surface area contributed by atoms with E-state index in [9.17, 15) is 8.42 Å². The average Bonchev–Trinajstić information content (AvgIpc) is 2.90. The number of sulfonamides is 1. The van der Waals surface area contributed by atoms with Crippen molar-refractivity contribution >= 4 is 27.0 Å². The van der Waals surface area contributed by atoms with E-state index in [2.05, 4.69) is 4.72 Å². The Hall–Kier alpha value is -1.37. The molecule has 0 aliphatic carbocycles. The highest BCUT2D eigenvalue weighted by atomic mass is 32.2. The molecule has 0 amide bonds. The molecule has 0 aliphatic rings. The summed E-state index contributed by atoms with van der Waals surface area (Å²) in [5.74, 6) is 0. The predicted octanol–water partition coefficient (Wildman–Crippen LogP) is 2.41. The molecule has 2 rings (SSSR count). The summed E-state index contributed by atoms with van der Waals surface area (Å²) in [5.41, 5.74) is 7.37. The predicted molar refractivity (Wildman–Crippen MR) is 83.4 cm³/mol. The highest BCUT2D eigenvalue weighted by Crippen LogP contribution is 2.21. The highest BCUT2D eigenvalue weighted by molar-refractivity contribution is 7.91. The van der Waals surface area contributed by atoms with Crippen LogP contribution in [0.3, 0.4) is 0 Å². The summed E-state index contributed by atoms with van der Waals surface area (Å²) in [5, 5.41) is 0. The number of nitrogens with one attached hydrogen (secondary N) is 1. The van der Waals surface area contributed by atoms with Crippen LogP contribution in [0.2, 0.25) is 0 Å². The smallest absolute Gasteiger partial charge is 0.250 e. The fourth-order valence-corrected chi connectivity index (χ4v) is 4.15. The summed E-state index contributed by atoms with van der Waals surface area (Å²) < 4.78 is 27.2. The summed E-state index contributed by atoms with van der Waals surface area (Å²) in [6.45, 7) is 2.39. The lowest BCUT2D eigenvalue weighted by Crippen LogP contribution is -2.25. The summed E-state index contributed by atoms with van der Waals surface area (Å²) in [7, 11) is -3.38. The first-order chi connectivity index (χ1) is 9.51. The van der Waals surface area contributed by atoms with E-state index in [1.54, 1.807) is 6.07 Å². The largest absolute Gasteiger partial charge is 0.399 e. The van der Waals surface area contributed by atoms with Crippen LogP contribution in [0.4, 0.5) is 5.69 Å². The van der Waals surface area contributed by atoms with Gasteiger partial charge in [0, 0.05) is 17.1 Å². The van der Waals surface area contributed by atoms with E-state index < -0.39 is 10.0 Å². The lowest BCUT2D eigenvalue weighted by atomic mass is 10.1. The van der Waals surface area contributed by atoms with Crippen molar-refractivity contribution in [2.24, 2.45) is 0 Å². The SMILES string of the molecule is CCc1ccc(S(=O)(=O)NCCc2ccc(N)cc2)s1. The van der Waals surface area contributed by atoms with Crippen molar-refractivity contribution in [2.75, 3.05) is 12.3 Å². The van der Waals surface area contributed by atoms with E-state index in [-0.39, 0.29) is 0 Å². The number of nitrogens with two attached hydrogens (primary N) is 1. The minimum atomic E-state index is -3.38. The molecule has 0 bridgehead atoms. The van der Waals surface area contributed by atoms with Gasteiger partial charge in [-0.3, -0.25) is 0 Å². The van der Waals surface area contributed by atoms with E-state index in [4.69, 9.17) is 5.73 Å². The van der Waals surface area contributed by atoms with Crippen molar-refractivity contribution in [3.63, 3.8) is 0 Å². The molecule has 1 aromatic heterocycles. The molecule has 108 valence electrons. The summed E-state index contributed by atoms with van der Waals surface area (Å²) in [4.78, 5) is 1.07. The van der Waals surface area contributed by atoms with Crippen LogP contribution in [0.25, 0.3) is 0 Å². The Balaban J connectivity index is 1.94. The molecule has 0 unspecified atom stereocenters. The van der Waals surface area contributed by atoms with Gasteiger partial charge in [0.1, 0.15) is 4.21 Å². The van der Waals surface area contributed by atoms with E-state index in [1.165, 1.54) is 11.3 Å². The Morgan fingerprint density at radius 3 is 2.45 bits per heavy atom. The van der Waals surface area contributed by atoms with E-state index in [0.29, 0.717) is 22.9 Å². The van der Waals surface area contributed by atoms with Gasteiger partial charge in [0.25, 0.3) is 0 Å². The molecule has 4 nitrogen and oxygen atoms in total. The number of rotatable bonds is 6. The zero-order chi connectivity index (χ0) is 14.6. The van der Waals surface area contributed by atoms with Gasteiger partial charge in [0.05, 0.1) is 0 Å². The number of hydrogen-bond acceptors (Lipinski definition) is 4. The van der Waals surface area contributed by atoms with E-state index in [0.717, 1.165) is 16.9 Å². The fraction of sp³-hybridized carbons (Fsp3) is 0.286. The third kappa shape index (κ3) is 3.82. The summed E-state index contributed by atoms with van der Waals surface area (Å²) >= 11 is 1.32. The molecule has 6 heteroatoms. The molecular formula is C14H18N2O2S2. The molecule has 3 N–H and O–H groups in total. The van der Waals surface area contributed by atoms with Gasteiger partial charge in [-0.1, -0.05) is 19.1 Å². The number of anilines is 1. The zero-order valence-electron chi connectivity index (χ0n) is 11.3. The van der Waals surface area contributed by atoms with Crippen molar-refractivity contribution in [2.45, 2.75) is 24.0 Å². The molecule has 0 radical (unpaired) electrons. The van der Waals surface area contributed by atoms with Crippen LogP contribution in [0, 0.1) is 0 Å². The zero-order valence-corrected chi connectivity index (χ0v) is 12.9. The van der Waals surface area contributed by atoms with Crippen LogP contribution < -0.4 is 10.5 Å². The molecule has 1 heterocycles. The van der Waals surface area contributed by atoms with Crippen molar-refractivity contribution in [3.8, 4) is 0 Å². The average molecular weight is 310 g/mol. The van der Waals surface area contributed by atoms with Crippen LogP contribution in [0.15, 0.2) is 40.6 Å². The quantitative estimate of drug-likeness (QED) is 0.805. The maximum absolute atomic E-state index is 12.1. The normalized spacial score (nSPS) is 11.7. The van der Waals surface area contributed by atoms with E-state index >= 15 is 0 Å². The molecular weight excluding hydrogens is 292 g/mol. The summed E-state index contributed by atoms with van der Waals surface area (Å²) in [6.07, 6.45) is 1.50. The first kappa shape index (κ1) is 15.0. The molecule has 0 aliphatic heterocycles. The van der Waals surface area contributed by atoms with Gasteiger partial charge in [-0.15, -0.1) is 11.3 Å². The van der Waals surface area contributed by atoms with Gasteiger partial charge in [0.15, 0.2) is 0 Å². The molecule has 0 saturated carbocycles. The lowest BCUT2D eigenvalue weighted by molar-refractivity contribution is 0.584. The van der Waals surface area contributed by atoms with Gasteiger partial charge in [-0.25, -0.2) is 13.1 Å². The molecule has 0 saturated heterocycles. The monoisotopic (exact) mass is 310 g/mol. The molecule has 0 spiro atoms. The highest BCUT2D eigenvalue weighted by Gasteiger charge is 2.15. The number of aryl methyl sites for hydroxylation is 1. The van der Waals surface area contributed by atoms with Crippen molar-refractivity contribution in [1.82, 2.24) is 4.72 Å². The Kier molecular flexibility index (Phi) is 4.80. The molecule has 2 aromatic rings. The first-order valence-corrected chi connectivity index (χ1v) is 8.74. The maximum atomic E-state index is 12.1. The minimum absolute atomic E-state index is 0.381. The van der Waals surface area contributed by atoms with Crippen LogP contribution >= 0.6 is 11.3 Å². The number of nitrogen functional groups attached to an aromatic ring is 1. The molecule has 0 atom stereocenters. The Morgan fingerprint density at radius 2 is 1.85 bits per heavy atom. The Bertz CT molecular complexity index is 661. The first-order valence-electron chi connectivity index (χ1n) is 6.44. The number of benzene rings is 1. The van der Waals surface area contributed by atoms with Crippen LogP contribution in [-0.2, 0) is 22.9 Å². The van der Waals surface area contributed by atoms with Crippen LogP contribution in [0.1, 0.15) is 17.4 Å². The second-order valence-corrected chi connectivity index (χ2v) is 7.63. The third-order valence-corrected chi connectivity index (χ3v) is 6.12. The van der Waals surface area contributed by atoms with Gasteiger partial charge < -0.3 is 5.73 Å². The van der Waals surface area contributed by atoms with E-state index in [1.807, 2.05) is 37.3 Å². The molecule has 0 fully saturated rings. The second-order valence-electron chi connectivity index (χ2n) is 4.46. The molecule has 20 heavy (non-hydrogen) atoms. The van der Waals surface area contributed by atoms with Crippen molar-refractivity contribution < 1.29 is 8.42 Å². The third-order valence-electron chi connectivity index (χ3n) is 2.94. The topological polar surface area (TPSA) is 72.2 Å². The fourth-order valence-electron chi connectivity index (χ4n) is 1.78. The van der Waals surface area contributed by atoms with Gasteiger partial charge in [-0.05, 0) is 42.7 Å². The maximum Gasteiger partial charge on any atom is 0.250 e. The lowest BCUT2D eigenvalue weighted by Gasteiger charge is -2.05. The molecule has 1 aromatic carbocycles. The minimum Gasteiger partial charge on any atom is -0.399 e. The summed E-state index contributed by atoms with van der Waals surface area (Å²) in [6, 6.07) is 11.0.